The van der Waals surface area contributed by atoms with E-state index in [0.29, 0.717) is 22.3 Å². The first-order valence-corrected chi connectivity index (χ1v) is 9.66. The Hall–Kier alpha value is -2.81. The van der Waals surface area contributed by atoms with E-state index in [4.69, 9.17) is 0 Å². The number of hydrogen-bond donors (Lipinski definition) is 3. The summed E-state index contributed by atoms with van der Waals surface area (Å²) >= 11 is 0. The number of nitrogens with zero attached hydrogens (tertiary/aromatic N) is 2. The third-order valence-electron chi connectivity index (χ3n) is 5.84. The summed E-state index contributed by atoms with van der Waals surface area (Å²) in [5, 5.41) is 13.8. The molecule has 1 unspecified atom stereocenters. The molecule has 1 aromatic heterocycles. The SMILES string of the molecule is CC(c1c(-c2n[nH]c3cc(F)ccc23)ccc2c1C(=O)NC2=O)N1CCNCC1.Cl. The van der Waals surface area contributed by atoms with Crippen molar-refractivity contribution < 1.29 is 14.0 Å². The molecule has 9 heteroatoms. The number of fused-ring (bicyclic) bond motifs is 2. The molecule has 2 amide bonds. The Morgan fingerprint density at radius 3 is 2.57 bits per heavy atom. The van der Waals surface area contributed by atoms with Crippen molar-refractivity contribution in [2.24, 2.45) is 0 Å². The molecule has 0 spiro atoms. The minimum absolute atomic E-state index is 0. The van der Waals surface area contributed by atoms with Crippen molar-refractivity contribution in [2.45, 2.75) is 13.0 Å². The Bertz CT molecular complexity index is 1160. The maximum Gasteiger partial charge on any atom is 0.259 e. The lowest BCUT2D eigenvalue weighted by atomic mass is 9.89. The zero-order valence-electron chi connectivity index (χ0n) is 16.3. The average Bonchev–Trinajstić information content (AvgIpc) is 3.27. The fourth-order valence-electron chi connectivity index (χ4n) is 4.38. The largest absolute Gasteiger partial charge is 0.314 e. The van der Waals surface area contributed by atoms with Crippen LogP contribution in [0.25, 0.3) is 22.2 Å². The molecule has 156 valence electrons. The van der Waals surface area contributed by atoms with Gasteiger partial charge in [0.05, 0.1) is 16.6 Å². The highest BCUT2D eigenvalue weighted by Crippen LogP contribution is 2.39. The van der Waals surface area contributed by atoms with Crippen molar-refractivity contribution >= 4 is 35.1 Å². The van der Waals surface area contributed by atoms with Crippen molar-refractivity contribution in [2.75, 3.05) is 26.2 Å². The molecule has 30 heavy (non-hydrogen) atoms. The van der Waals surface area contributed by atoms with Crippen LogP contribution in [0.5, 0.6) is 0 Å². The molecule has 1 saturated heterocycles. The first kappa shape index (κ1) is 20.5. The van der Waals surface area contributed by atoms with E-state index in [0.717, 1.165) is 42.7 Å². The molecule has 7 nitrogen and oxygen atoms in total. The van der Waals surface area contributed by atoms with E-state index in [1.807, 2.05) is 6.07 Å². The van der Waals surface area contributed by atoms with Gasteiger partial charge in [-0.05, 0) is 36.8 Å². The first-order valence-electron chi connectivity index (χ1n) is 9.66. The number of benzene rings is 2. The number of imide groups is 1. The lowest BCUT2D eigenvalue weighted by molar-refractivity contribution is 0.0878. The van der Waals surface area contributed by atoms with Crippen LogP contribution in [0, 0.1) is 5.82 Å². The number of carbonyl (C=O) groups excluding carboxylic acids is 2. The fraction of sp³-hybridized carbons (Fsp3) is 0.286. The maximum absolute atomic E-state index is 13.6. The van der Waals surface area contributed by atoms with Gasteiger partial charge in [-0.15, -0.1) is 12.4 Å². The number of aromatic nitrogens is 2. The fourth-order valence-corrected chi connectivity index (χ4v) is 4.38. The molecule has 2 aliphatic heterocycles. The third kappa shape index (κ3) is 3.17. The molecular formula is C21H21ClFN5O2. The number of carbonyl (C=O) groups is 2. The molecule has 1 atom stereocenters. The van der Waals surface area contributed by atoms with Gasteiger partial charge in [-0.25, -0.2) is 4.39 Å². The Morgan fingerprint density at radius 1 is 1.07 bits per heavy atom. The van der Waals surface area contributed by atoms with Gasteiger partial charge in [0.2, 0.25) is 0 Å². The highest BCUT2D eigenvalue weighted by Gasteiger charge is 2.35. The second kappa shape index (κ2) is 7.79. The molecule has 1 fully saturated rings. The summed E-state index contributed by atoms with van der Waals surface area (Å²) in [6.07, 6.45) is 0. The lowest BCUT2D eigenvalue weighted by Crippen LogP contribution is -2.44. The standard InChI is InChI=1S/C21H20FN5O2.ClH/c1-11(27-8-6-23-7-9-27)17-14(4-5-15-18(17)21(29)24-20(15)28)19-13-3-2-12(22)10-16(13)25-26-19;/h2-5,10-11,23H,6-9H2,1H3,(H,25,26)(H,24,28,29);1H. The molecule has 0 bridgehead atoms. The van der Waals surface area contributed by atoms with Gasteiger partial charge in [-0.1, -0.05) is 6.07 Å². The molecule has 3 aromatic rings. The van der Waals surface area contributed by atoms with Crippen molar-refractivity contribution in [1.29, 1.82) is 0 Å². The average molecular weight is 430 g/mol. The Labute approximate surface area is 178 Å². The Morgan fingerprint density at radius 2 is 1.80 bits per heavy atom. The van der Waals surface area contributed by atoms with E-state index in [-0.39, 0.29) is 36.1 Å². The van der Waals surface area contributed by atoms with Crippen LogP contribution in [-0.4, -0.2) is 53.1 Å². The van der Waals surface area contributed by atoms with Crippen LogP contribution >= 0.6 is 12.4 Å². The number of aromatic amines is 1. The molecule has 3 N–H and O–H groups in total. The van der Waals surface area contributed by atoms with Crippen molar-refractivity contribution in [3.63, 3.8) is 0 Å². The molecule has 2 aromatic carbocycles. The highest BCUT2D eigenvalue weighted by atomic mass is 35.5. The number of halogens is 2. The van der Waals surface area contributed by atoms with Crippen LogP contribution in [0.15, 0.2) is 30.3 Å². The molecular weight excluding hydrogens is 409 g/mol. The van der Waals surface area contributed by atoms with E-state index in [9.17, 15) is 14.0 Å². The monoisotopic (exact) mass is 429 g/mol. The van der Waals surface area contributed by atoms with E-state index in [1.54, 1.807) is 12.1 Å². The normalized spacial score (nSPS) is 17.5. The molecule has 3 heterocycles. The molecule has 0 aliphatic carbocycles. The summed E-state index contributed by atoms with van der Waals surface area (Å²) in [6.45, 7) is 5.46. The predicted molar refractivity (Wildman–Crippen MR) is 113 cm³/mol. The maximum atomic E-state index is 13.6. The number of nitrogens with one attached hydrogen (secondary N) is 3. The van der Waals surface area contributed by atoms with E-state index < -0.39 is 0 Å². The second-order valence-electron chi connectivity index (χ2n) is 7.46. The van der Waals surface area contributed by atoms with Crippen LogP contribution in [-0.2, 0) is 0 Å². The third-order valence-corrected chi connectivity index (χ3v) is 5.84. The van der Waals surface area contributed by atoms with Gasteiger partial charge in [0.1, 0.15) is 11.5 Å². The van der Waals surface area contributed by atoms with Crippen LogP contribution in [0.3, 0.4) is 0 Å². The number of hydrogen-bond acceptors (Lipinski definition) is 5. The lowest BCUT2D eigenvalue weighted by Gasteiger charge is -2.34. The number of H-pyrrole nitrogens is 1. The van der Waals surface area contributed by atoms with Crippen molar-refractivity contribution in [1.82, 2.24) is 25.7 Å². The topological polar surface area (TPSA) is 90.1 Å². The van der Waals surface area contributed by atoms with Crippen LogP contribution in [0.4, 0.5) is 4.39 Å². The Balaban J connectivity index is 0.00000218. The van der Waals surface area contributed by atoms with Gasteiger partial charge in [0.15, 0.2) is 0 Å². The molecule has 2 aliphatic rings. The zero-order chi connectivity index (χ0) is 20.1. The smallest absolute Gasteiger partial charge is 0.259 e. The quantitative estimate of drug-likeness (QED) is 0.557. The van der Waals surface area contributed by atoms with Gasteiger partial charge in [0.25, 0.3) is 11.8 Å². The summed E-state index contributed by atoms with van der Waals surface area (Å²) < 4.78 is 13.6. The van der Waals surface area contributed by atoms with E-state index >= 15 is 0 Å². The minimum atomic E-state index is -0.380. The highest BCUT2D eigenvalue weighted by molar-refractivity contribution is 6.23. The van der Waals surface area contributed by atoms with E-state index in [1.165, 1.54) is 12.1 Å². The summed E-state index contributed by atoms with van der Waals surface area (Å²) in [7, 11) is 0. The van der Waals surface area contributed by atoms with Gasteiger partial charge < -0.3 is 5.32 Å². The zero-order valence-corrected chi connectivity index (χ0v) is 17.1. The summed E-state index contributed by atoms with van der Waals surface area (Å²) in [5.74, 6) is -1.10. The predicted octanol–water partition coefficient (Wildman–Crippen LogP) is 2.64. The van der Waals surface area contributed by atoms with Crippen LogP contribution < -0.4 is 10.6 Å². The molecule has 5 rings (SSSR count). The minimum Gasteiger partial charge on any atom is -0.314 e. The van der Waals surface area contributed by atoms with Crippen molar-refractivity contribution in [3.05, 3.63) is 52.8 Å². The molecule has 0 saturated carbocycles. The van der Waals surface area contributed by atoms with Crippen LogP contribution in [0.1, 0.15) is 39.2 Å². The van der Waals surface area contributed by atoms with Crippen molar-refractivity contribution in [3.8, 4) is 11.3 Å². The van der Waals surface area contributed by atoms with Gasteiger partial charge >= 0.3 is 0 Å². The first-order chi connectivity index (χ1) is 14.0. The molecule has 0 radical (unpaired) electrons. The van der Waals surface area contributed by atoms with E-state index in [2.05, 4.69) is 32.7 Å². The number of piperazine rings is 1. The van der Waals surface area contributed by atoms with Gasteiger partial charge in [-0.2, -0.15) is 5.10 Å². The Kier molecular flexibility index (Phi) is 5.31. The summed E-state index contributed by atoms with van der Waals surface area (Å²) in [6, 6.07) is 7.89. The van der Waals surface area contributed by atoms with Crippen LogP contribution in [0.2, 0.25) is 0 Å². The second-order valence-corrected chi connectivity index (χ2v) is 7.46. The number of rotatable bonds is 3. The van der Waals surface area contributed by atoms with Gasteiger partial charge in [-0.3, -0.25) is 24.9 Å². The van der Waals surface area contributed by atoms with Gasteiger partial charge in [0, 0.05) is 43.2 Å². The summed E-state index contributed by atoms with van der Waals surface area (Å²) in [4.78, 5) is 27.2. The summed E-state index contributed by atoms with van der Waals surface area (Å²) in [5.41, 5.74) is 3.59. The number of amides is 2.